The molecule has 1 saturated heterocycles. The minimum absolute atomic E-state index is 0.201. The Kier molecular flexibility index (Phi) is 5.33. The number of aromatic nitrogens is 1. The van der Waals surface area contributed by atoms with Crippen LogP contribution >= 0.6 is 0 Å². The van der Waals surface area contributed by atoms with Gasteiger partial charge in [-0.05, 0) is 54.6 Å². The molecule has 0 spiro atoms. The van der Waals surface area contributed by atoms with Gasteiger partial charge in [-0.15, -0.1) is 0 Å². The predicted molar refractivity (Wildman–Crippen MR) is 108 cm³/mol. The van der Waals surface area contributed by atoms with Crippen LogP contribution in [0.2, 0.25) is 0 Å². The lowest BCUT2D eigenvalue weighted by Gasteiger charge is -2.42. The van der Waals surface area contributed by atoms with E-state index in [2.05, 4.69) is 40.2 Å². The van der Waals surface area contributed by atoms with Crippen LogP contribution in [-0.4, -0.2) is 28.1 Å². The molecule has 0 amide bonds. The van der Waals surface area contributed by atoms with Gasteiger partial charge in [-0.1, -0.05) is 66.7 Å². The van der Waals surface area contributed by atoms with Crippen LogP contribution in [-0.2, 0) is 12.1 Å². The quantitative estimate of drug-likeness (QED) is 0.741. The van der Waals surface area contributed by atoms with Gasteiger partial charge in [-0.2, -0.15) is 0 Å². The fraction of sp³-hybridized carbons (Fsp3) is 0.292. The maximum Gasteiger partial charge on any atom is 0.117 e. The number of likely N-dealkylation sites (tertiary alicyclic amines) is 1. The van der Waals surface area contributed by atoms with Crippen molar-refractivity contribution >= 4 is 0 Å². The molecular formula is C24H26N2O. The highest BCUT2D eigenvalue weighted by atomic mass is 16.3. The first-order chi connectivity index (χ1) is 13.3. The van der Waals surface area contributed by atoms with E-state index >= 15 is 0 Å². The van der Waals surface area contributed by atoms with Gasteiger partial charge < -0.3 is 5.11 Å². The average molecular weight is 358 g/mol. The van der Waals surface area contributed by atoms with E-state index < -0.39 is 5.60 Å². The molecule has 3 heteroatoms. The summed E-state index contributed by atoms with van der Waals surface area (Å²) >= 11 is 0. The third-order valence-electron chi connectivity index (χ3n) is 5.74. The largest absolute Gasteiger partial charge is 0.380 e. The lowest BCUT2D eigenvalue weighted by Crippen LogP contribution is -2.44. The number of pyridine rings is 1. The Morgan fingerprint density at radius 2 is 1.44 bits per heavy atom. The molecule has 1 aliphatic heterocycles. The zero-order chi connectivity index (χ0) is 18.5. The topological polar surface area (TPSA) is 36.4 Å². The van der Waals surface area contributed by atoms with E-state index in [9.17, 15) is 5.11 Å². The van der Waals surface area contributed by atoms with Gasteiger partial charge in [0.1, 0.15) is 5.60 Å². The number of piperidine rings is 1. The Morgan fingerprint density at radius 1 is 0.852 bits per heavy atom. The lowest BCUT2D eigenvalue weighted by atomic mass is 9.72. The Bertz CT molecular complexity index is 789. The van der Waals surface area contributed by atoms with Gasteiger partial charge in [0.15, 0.2) is 0 Å². The second kappa shape index (κ2) is 8.03. The number of benzene rings is 2. The first-order valence-electron chi connectivity index (χ1n) is 9.71. The van der Waals surface area contributed by atoms with Crippen LogP contribution in [0.1, 0.15) is 29.5 Å². The average Bonchev–Trinajstić information content (AvgIpc) is 2.76. The van der Waals surface area contributed by atoms with Gasteiger partial charge in [-0.25, -0.2) is 0 Å². The SMILES string of the molecule is OC(c1ccccc1)(c1ccccc1)C1CCN(Cc2cccnc2)CC1. The summed E-state index contributed by atoms with van der Waals surface area (Å²) < 4.78 is 0. The summed E-state index contributed by atoms with van der Waals surface area (Å²) in [6, 6.07) is 24.4. The maximum absolute atomic E-state index is 11.9. The zero-order valence-corrected chi connectivity index (χ0v) is 15.5. The minimum Gasteiger partial charge on any atom is -0.380 e. The van der Waals surface area contributed by atoms with Crippen LogP contribution in [0.5, 0.6) is 0 Å². The highest BCUT2D eigenvalue weighted by Gasteiger charge is 2.41. The zero-order valence-electron chi connectivity index (χ0n) is 15.5. The van der Waals surface area contributed by atoms with Crippen molar-refractivity contribution in [1.82, 2.24) is 9.88 Å². The Balaban J connectivity index is 1.54. The molecule has 3 nitrogen and oxygen atoms in total. The van der Waals surface area contributed by atoms with E-state index in [-0.39, 0.29) is 5.92 Å². The van der Waals surface area contributed by atoms with Gasteiger partial charge in [0, 0.05) is 18.9 Å². The van der Waals surface area contributed by atoms with Crippen LogP contribution < -0.4 is 0 Å². The van der Waals surface area contributed by atoms with Gasteiger partial charge in [-0.3, -0.25) is 9.88 Å². The van der Waals surface area contributed by atoms with Crippen molar-refractivity contribution < 1.29 is 5.11 Å². The summed E-state index contributed by atoms with van der Waals surface area (Å²) in [7, 11) is 0. The molecule has 1 aliphatic rings. The molecule has 3 aromatic rings. The standard InChI is InChI=1S/C24H26N2O/c27-24(21-9-3-1-4-10-21,22-11-5-2-6-12-22)23-13-16-26(17-14-23)19-20-8-7-15-25-18-20/h1-12,15,18,23,27H,13-14,16-17,19H2. The van der Waals surface area contributed by atoms with Crippen molar-refractivity contribution in [1.29, 1.82) is 0 Å². The molecule has 0 aliphatic carbocycles. The molecule has 1 aromatic heterocycles. The highest BCUT2D eigenvalue weighted by molar-refractivity contribution is 5.37. The van der Waals surface area contributed by atoms with Crippen LogP contribution in [0, 0.1) is 5.92 Å². The molecule has 2 aromatic carbocycles. The van der Waals surface area contributed by atoms with E-state index in [1.54, 1.807) is 0 Å². The van der Waals surface area contributed by atoms with Crippen molar-refractivity contribution in [3.8, 4) is 0 Å². The van der Waals surface area contributed by atoms with Gasteiger partial charge >= 0.3 is 0 Å². The maximum atomic E-state index is 11.9. The number of aliphatic hydroxyl groups is 1. The van der Waals surface area contributed by atoms with Crippen molar-refractivity contribution in [2.24, 2.45) is 5.92 Å². The molecule has 138 valence electrons. The summed E-state index contributed by atoms with van der Waals surface area (Å²) in [5, 5.41) is 11.9. The first-order valence-corrected chi connectivity index (χ1v) is 9.71. The van der Waals surface area contributed by atoms with Crippen LogP contribution in [0.25, 0.3) is 0 Å². The van der Waals surface area contributed by atoms with Crippen molar-refractivity contribution in [3.05, 3.63) is 102 Å². The normalized spacial score (nSPS) is 16.3. The van der Waals surface area contributed by atoms with Gasteiger partial charge in [0.25, 0.3) is 0 Å². The number of nitrogens with zero attached hydrogens (tertiary/aromatic N) is 2. The third kappa shape index (κ3) is 3.80. The second-order valence-corrected chi connectivity index (χ2v) is 7.41. The van der Waals surface area contributed by atoms with E-state index in [4.69, 9.17) is 0 Å². The number of rotatable bonds is 5. The molecule has 4 rings (SSSR count). The molecule has 0 saturated carbocycles. The molecule has 0 atom stereocenters. The Hall–Kier alpha value is -2.49. The second-order valence-electron chi connectivity index (χ2n) is 7.41. The van der Waals surface area contributed by atoms with Crippen LogP contribution in [0.3, 0.4) is 0 Å². The monoisotopic (exact) mass is 358 g/mol. The Labute approximate surface area is 161 Å². The molecule has 1 N–H and O–H groups in total. The molecule has 0 radical (unpaired) electrons. The van der Waals surface area contributed by atoms with Gasteiger partial charge in [0.05, 0.1) is 0 Å². The van der Waals surface area contributed by atoms with E-state index in [1.807, 2.05) is 54.9 Å². The van der Waals surface area contributed by atoms with E-state index in [0.717, 1.165) is 43.6 Å². The minimum atomic E-state index is -0.942. The van der Waals surface area contributed by atoms with E-state index in [0.29, 0.717) is 0 Å². The molecular weight excluding hydrogens is 332 g/mol. The highest BCUT2D eigenvalue weighted by Crippen LogP contribution is 2.41. The predicted octanol–water partition coefficient (Wildman–Crippen LogP) is 4.23. The van der Waals surface area contributed by atoms with Crippen molar-refractivity contribution in [2.45, 2.75) is 25.0 Å². The molecule has 0 unspecified atom stereocenters. The fourth-order valence-electron chi connectivity index (χ4n) is 4.28. The summed E-state index contributed by atoms with van der Waals surface area (Å²) in [5.74, 6) is 0.201. The molecule has 27 heavy (non-hydrogen) atoms. The van der Waals surface area contributed by atoms with Crippen LogP contribution in [0.15, 0.2) is 85.2 Å². The summed E-state index contributed by atoms with van der Waals surface area (Å²) in [5.41, 5.74) is 2.28. The number of hydrogen-bond acceptors (Lipinski definition) is 3. The smallest absolute Gasteiger partial charge is 0.117 e. The number of hydrogen-bond donors (Lipinski definition) is 1. The summed E-state index contributed by atoms with van der Waals surface area (Å²) in [4.78, 5) is 6.68. The summed E-state index contributed by atoms with van der Waals surface area (Å²) in [6.07, 6.45) is 5.70. The van der Waals surface area contributed by atoms with Crippen molar-refractivity contribution in [2.75, 3.05) is 13.1 Å². The van der Waals surface area contributed by atoms with Crippen molar-refractivity contribution in [3.63, 3.8) is 0 Å². The molecule has 2 heterocycles. The first kappa shape index (κ1) is 17.9. The Morgan fingerprint density at radius 3 is 1.96 bits per heavy atom. The molecule has 0 bridgehead atoms. The third-order valence-corrected chi connectivity index (χ3v) is 5.74. The summed E-state index contributed by atoms with van der Waals surface area (Å²) in [6.45, 7) is 2.90. The van der Waals surface area contributed by atoms with Crippen LogP contribution in [0.4, 0.5) is 0 Å². The van der Waals surface area contributed by atoms with Gasteiger partial charge in [0.2, 0.25) is 0 Å². The van der Waals surface area contributed by atoms with E-state index in [1.165, 1.54) is 5.56 Å². The molecule has 1 fully saturated rings. The lowest BCUT2D eigenvalue weighted by molar-refractivity contribution is -0.0152. The fourth-order valence-corrected chi connectivity index (χ4v) is 4.28.